The third-order valence-corrected chi connectivity index (χ3v) is 4.34. The van der Waals surface area contributed by atoms with Crippen molar-refractivity contribution in [3.63, 3.8) is 0 Å². The molecule has 0 bridgehead atoms. The molecule has 1 aliphatic carbocycles. The van der Waals surface area contributed by atoms with Crippen molar-refractivity contribution in [1.29, 1.82) is 0 Å². The average Bonchev–Trinajstić information content (AvgIpc) is 2.83. The molecule has 2 atom stereocenters. The van der Waals surface area contributed by atoms with E-state index in [1.54, 1.807) is 5.57 Å². The first-order valence-electron chi connectivity index (χ1n) is 7.43. The van der Waals surface area contributed by atoms with Crippen molar-refractivity contribution in [3.8, 4) is 0 Å². The van der Waals surface area contributed by atoms with Crippen molar-refractivity contribution < 1.29 is 0 Å². The first kappa shape index (κ1) is 13.1. The monoisotopic (exact) mass is 236 g/mol. The van der Waals surface area contributed by atoms with E-state index in [0.717, 1.165) is 18.5 Å². The zero-order chi connectivity index (χ0) is 12.1. The zero-order valence-corrected chi connectivity index (χ0v) is 11.5. The van der Waals surface area contributed by atoms with Gasteiger partial charge in [-0.05, 0) is 51.1 Å². The molecule has 98 valence electrons. The predicted octanol–water partition coefficient (Wildman–Crippen LogP) is 2.81. The van der Waals surface area contributed by atoms with Crippen LogP contribution in [0.15, 0.2) is 11.6 Å². The van der Waals surface area contributed by atoms with Crippen LogP contribution in [0, 0.1) is 5.92 Å². The smallest absolute Gasteiger partial charge is 0.0117 e. The Balaban J connectivity index is 1.69. The minimum atomic E-state index is 0.752. The Bertz CT molecular complexity index is 260. The lowest BCUT2D eigenvalue weighted by molar-refractivity contribution is 0.149. The average molecular weight is 236 g/mol. The normalized spacial score (nSPS) is 30.6. The number of nitrogens with zero attached hydrogens (tertiary/aromatic N) is 1. The summed E-state index contributed by atoms with van der Waals surface area (Å²) in [6, 6.07) is 0.752. The van der Waals surface area contributed by atoms with Gasteiger partial charge in [-0.1, -0.05) is 25.5 Å². The molecule has 2 nitrogen and oxygen atoms in total. The number of piperidine rings is 1. The molecule has 1 N–H and O–H groups in total. The van der Waals surface area contributed by atoms with Crippen molar-refractivity contribution in [2.75, 3.05) is 26.2 Å². The van der Waals surface area contributed by atoms with Crippen LogP contribution in [0.2, 0.25) is 0 Å². The Morgan fingerprint density at radius 2 is 2.35 bits per heavy atom. The fourth-order valence-electron chi connectivity index (χ4n) is 3.27. The summed E-state index contributed by atoms with van der Waals surface area (Å²) in [6.07, 6.45) is 9.20. The summed E-state index contributed by atoms with van der Waals surface area (Å²) in [7, 11) is 0. The van der Waals surface area contributed by atoms with Gasteiger partial charge in [-0.25, -0.2) is 0 Å². The van der Waals surface area contributed by atoms with Gasteiger partial charge in [-0.2, -0.15) is 0 Å². The molecule has 0 radical (unpaired) electrons. The highest BCUT2D eigenvalue weighted by molar-refractivity contribution is 5.07. The molecule has 2 unspecified atom stereocenters. The summed E-state index contributed by atoms with van der Waals surface area (Å²) in [6.45, 7) is 9.58. The maximum absolute atomic E-state index is 3.61. The number of rotatable bonds is 5. The number of hydrogen-bond donors (Lipinski definition) is 1. The highest BCUT2D eigenvalue weighted by Crippen LogP contribution is 2.22. The number of allylic oxidation sites excluding steroid dienone is 1. The maximum atomic E-state index is 3.61. The van der Waals surface area contributed by atoms with Crippen molar-refractivity contribution >= 4 is 0 Å². The molecule has 0 aromatic heterocycles. The van der Waals surface area contributed by atoms with Crippen molar-refractivity contribution in [1.82, 2.24) is 10.2 Å². The molecule has 0 aromatic rings. The van der Waals surface area contributed by atoms with Crippen molar-refractivity contribution in [2.45, 2.75) is 52.0 Å². The van der Waals surface area contributed by atoms with Gasteiger partial charge >= 0.3 is 0 Å². The van der Waals surface area contributed by atoms with Crippen LogP contribution >= 0.6 is 0 Å². The van der Waals surface area contributed by atoms with Crippen molar-refractivity contribution in [2.24, 2.45) is 5.92 Å². The second-order valence-corrected chi connectivity index (χ2v) is 5.74. The van der Waals surface area contributed by atoms with E-state index in [0.29, 0.717) is 0 Å². The second kappa shape index (κ2) is 6.55. The molecule has 0 saturated carbocycles. The van der Waals surface area contributed by atoms with Gasteiger partial charge in [0.1, 0.15) is 0 Å². The number of nitrogens with one attached hydrogen (secondary N) is 1. The van der Waals surface area contributed by atoms with E-state index in [1.807, 2.05) is 0 Å². The van der Waals surface area contributed by atoms with Crippen LogP contribution in [-0.2, 0) is 0 Å². The van der Waals surface area contributed by atoms with Gasteiger partial charge in [0.05, 0.1) is 0 Å². The standard InChI is InChI=1S/C15H28N2/c1-3-16-15-9-11-17(12-13(15)2)10-8-14-6-4-5-7-14/h6,13,15-16H,3-5,7-12H2,1-2H3. The van der Waals surface area contributed by atoms with Crippen LogP contribution < -0.4 is 5.32 Å². The second-order valence-electron chi connectivity index (χ2n) is 5.74. The summed E-state index contributed by atoms with van der Waals surface area (Å²) < 4.78 is 0. The Morgan fingerprint density at radius 1 is 1.47 bits per heavy atom. The minimum Gasteiger partial charge on any atom is -0.314 e. The summed E-state index contributed by atoms with van der Waals surface area (Å²) in [5, 5.41) is 3.61. The molecule has 0 aromatic carbocycles. The molecule has 2 rings (SSSR count). The van der Waals surface area contributed by atoms with Gasteiger partial charge in [-0.3, -0.25) is 0 Å². The minimum absolute atomic E-state index is 0.752. The van der Waals surface area contributed by atoms with Crippen LogP contribution in [-0.4, -0.2) is 37.1 Å². The van der Waals surface area contributed by atoms with Gasteiger partial charge in [0.2, 0.25) is 0 Å². The fraction of sp³-hybridized carbons (Fsp3) is 0.867. The van der Waals surface area contributed by atoms with E-state index in [1.165, 1.54) is 51.7 Å². The van der Waals surface area contributed by atoms with E-state index in [-0.39, 0.29) is 0 Å². The lowest BCUT2D eigenvalue weighted by Gasteiger charge is -2.37. The van der Waals surface area contributed by atoms with Gasteiger partial charge in [0.15, 0.2) is 0 Å². The molecule has 2 heteroatoms. The van der Waals surface area contributed by atoms with Crippen LogP contribution in [0.3, 0.4) is 0 Å². The van der Waals surface area contributed by atoms with E-state index < -0.39 is 0 Å². The van der Waals surface area contributed by atoms with E-state index in [2.05, 4.69) is 30.1 Å². The number of hydrogen-bond acceptors (Lipinski definition) is 2. The molecular formula is C15H28N2. The van der Waals surface area contributed by atoms with Crippen LogP contribution in [0.4, 0.5) is 0 Å². The zero-order valence-electron chi connectivity index (χ0n) is 11.5. The van der Waals surface area contributed by atoms with E-state index >= 15 is 0 Å². The first-order valence-corrected chi connectivity index (χ1v) is 7.43. The molecule has 0 spiro atoms. The molecule has 1 aliphatic heterocycles. The third kappa shape index (κ3) is 3.82. The first-order chi connectivity index (χ1) is 8.29. The van der Waals surface area contributed by atoms with Crippen LogP contribution in [0.25, 0.3) is 0 Å². The predicted molar refractivity (Wildman–Crippen MR) is 74.2 cm³/mol. The maximum Gasteiger partial charge on any atom is 0.0117 e. The SMILES string of the molecule is CCNC1CCN(CCC2=CCCC2)CC1C. The molecule has 1 fully saturated rings. The molecule has 0 amide bonds. The van der Waals surface area contributed by atoms with Crippen LogP contribution in [0.5, 0.6) is 0 Å². The Labute approximate surface area is 106 Å². The topological polar surface area (TPSA) is 15.3 Å². The van der Waals surface area contributed by atoms with Gasteiger partial charge in [0.25, 0.3) is 0 Å². The van der Waals surface area contributed by atoms with Crippen molar-refractivity contribution in [3.05, 3.63) is 11.6 Å². The third-order valence-electron chi connectivity index (χ3n) is 4.34. The fourth-order valence-corrected chi connectivity index (χ4v) is 3.27. The summed E-state index contributed by atoms with van der Waals surface area (Å²) in [5.41, 5.74) is 1.71. The highest BCUT2D eigenvalue weighted by atomic mass is 15.1. The lowest BCUT2D eigenvalue weighted by atomic mass is 9.93. The largest absolute Gasteiger partial charge is 0.314 e. The Hall–Kier alpha value is -0.340. The molecule has 17 heavy (non-hydrogen) atoms. The Morgan fingerprint density at radius 3 is 3.00 bits per heavy atom. The highest BCUT2D eigenvalue weighted by Gasteiger charge is 2.24. The summed E-state index contributed by atoms with van der Waals surface area (Å²) in [4.78, 5) is 2.66. The van der Waals surface area contributed by atoms with Gasteiger partial charge in [0, 0.05) is 19.1 Å². The quantitative estimate of drug-likeness (QED) is 0.738. The molecule has 2 aliphatic rings. The van der Waals surface area contributed by atoms with Gasteiger partial charge in [-0.15, -0.1) is 0 Å². The van der Waals surface area contributed by atoms with E-state index in [4.69, 9.17) is 0 Å². The summed E-state index contributed by atoms with van der Waals surface area (Å²) in [5.74, 6) is 0.807. The van der Waals surface area contributed by atoms with E-state index in [9.17, 15) is 0 Å². The molecular weight excluding hydrogens is 208 g/mol. The molecule has 1 heterocycles. The van der Waals surface area contributed by atoms with Gasteiger partial charge < -0.3 is 10.2 Å². The van der Waals surface area contributed by atoms with Crippen LogP contribution in [0.1, 0.15) is 46.0 Å². The number of likely N-dealkylation sites (tertiary alicyclic amines) is 1. The molecule has 1 saturated heterocycles. The lowest BCUT2D eigenvalue weighted by Crippen LogP contribution is -2.48. The Kier molecular flexibility index (Phi) is 5.05. The summed E-state index contributed by atoms with van der Waals surface area (Å²) >= 11 is 0.